The molecule has 1 N–H and O–H groups in total. The molecule has 152 valence electrons. The number of carbonyl (C=O) groups is 1. The molecule has 0 bridgehead atoms. The van der Waals surface area contributed by atoms with Crippen LogP contribution in [0, 0.1) is 18.3 Å². The van der Waals surface area contributed by atoms with Crippen LogP contribution in [0.2, 0.25) is 0 Å². The number of benzene rings is 2. The molecule has 30 heavy (non-hydrogen) atoms. The summed E-state index contributed by atoms with van der Waals surface area (Å²) in [6.07, 6.45) is 1.47. The lowest BCUT2D eigenvalue weighted by Crippen LogP contribution is -2.23. The monoisotopic (exact) mass is 402 g/mol. The molecule has 0 aliphatic carbocycles. The van der Waals surface area contributed by atoms with E-state index in [2.05, 4.69) is 5.32 Å². The highest BCUT2D eigenvalue weighted by molar-refractivity contribution is 6.09. The van der Waals surface area contributed by atoms with Crippen LogP contribution >= 0.6 is 0 Å². The molecule has 0 saturated carbocycles. The third-order valence-corrected chi connectivity index (χ3v) is 4.66. The van der Waals surface area contributed by atoms with Gasteiger partial charge in [-0.2, -0.15) is 5.26 Å². The number of aromatic nitrogens is 2. The molecule has 0 atom stereocenters. The lowest BCUT2D eigenvalue weighted by Gasteiger charge is -2.07. The maximum atomic E-state index is 12.9. The summed E-state index contributed by atoms with van der Waals surface area (Å²) in [6.45, 7) is 4.18. The Kier molecular flexibility index (Phi) is 6.18. The van der Waals surface area contributed by atoms with E-state index < -0.39 is 5.91 Å². The smallest absolute Gasteiger partial charge is 0.295 e. The van der Waals surface area contributed by atoms with Crippen molar-refractivity contribution in [3.63, 3.8) is 0 Å². The first kappa shape index (κ1) is 20.7. The molecule has 1 heterocycles. The predicted molar refractivity (Wildman–Crippen MR) is 116 cm³/mol. The van der Waals surface area contributed by atoms with Crippen molar-refractivity contribution in [2.24, 2.45) is 7.05 Å². The first-order chi connectivity index (χ1) is 14.5. The molecule has 0 aliphatic rings. The number of amides is 1. The van der Waals surface area contributed by atoms with Gasteiger partial charge in [0.1, 0.15) is 23.1 Å². The largest absolute Gasteiger partial charge is 0.494 e. The molecule has 2 aromatic carbocycles. The van der Waals surface area contributed by atoms with Crippen molar-refractivity contribution in [2.45, 2.75) is 13.8 Å². The molecule has 0 spiro atoms. The minimum atomic E-state index is -0.641. The highest BCUT2D eigenvalue weighted by Gasteiger charge is 2.19. The number of nitriles is 1. The number of hydrogen-bond donors (Lipinski definition) is 1. The Bertz CT molecular complexity index is 1180. The maximum Gasteiger partial charge on any atom is 0.295 e. The van der Waals surface area contributed by atoms with Gasteiger partial charge in [0.05, 0.1) is 18.0 Å². The molecular formula is C23H22N4O3. The maximum absolute atomic E-state index is 12.9. The average Bonchev–Trinajstić information content (AvgIpc) is 2.97. The fourth-order valence-electron chi connectivity index (χ4n) is 3.04. The van der Waals surface area contributed by atoms with Crippen LogP contribution in [0.4, 0.5) is 5.69 Å². The van der Waals surface area contributed by atoms with Gasteiger partial charge in [-0.3, -0.25) is 14.3 Å². The number of nitrogens with one attached hydrogen (secondary N) is 1. The number of carbonyl (C=O) groups excluding carboxylic acids is 1. The molecular weight excluding hydrogens is 380 g/mol. The summed E-state index contributed by atoms with van der Waals surface area (Å²) in [5.41, 5.74) is 1.60. The van der Waals surface area contributed by atoms with Gasteiger partial charge >= 0.3 is 0 Å². The van der Waals surface area contributed by atoms with E-state index in [0.29, 0.717) is 29.3 Å². The Labute approximate surface area is 174 Å². The van der Waals surface area contributed by atoms with E-state index in [-0.39, 0.29) is 16.8 Å². The molecule has 0 radical (unpaired) electrons. The molecule has 7 heteroatoms. The quantitative estimate of drug-likeness (QED) is 0.505. The summed E-state index contributed by atoms with van der Waals surface area (Å²) in [4.78, 5) is 25.6. The zero-order valence-corrected chi connectivity index (χ0v) is 17.0. The third-order valence-electron chi connectivity index (χ3n) is 4.66. The van der Waals surface area contributed by atoms with E-state index in [1.54, 1.807) is 55.1 Å². The van der Waals surface area contributed by atoms with Crippen molar-refractivity contribution < 1.29 is 9.53 Å². The van der Waals surface area contributed by atoms with Crippen molar-refractivity contribution in [1.82, 2.24) is 9.36 Å². The topological polar surface area (TPSA) is 89.0 Å². The van der Waals surface area contributed by atoms with Crippen LogP contribution in [0.25, 0.3) is 11.8 Å². The number of para-hydroxylation sites is 1. The van der Waals surface area contributed by atoms with Crippen molar-refractivity contribution in [2.75, 3.05) is 11.9 Å². The Balaban J connectivity index is 1.89. The van der Waals surface area contributed by atoms with Crippen LogP contribution in [0.1, 0.15) is 18.2 Å². The lowest BCUT2D eigenvalue weighted by atomic mass is 10.1. The lowest BCUT2D eigenvalue weighted by molar-refractivity contribution is -0.112. The molecule has 7 nitrogen and oxygen atoms in total. The SMILES string of the molecule is CCOc1ccc(/C=C(\C#N)C(=O)Nc2c(C)n(C)n(-c3ccccc3)c2=O)cc1. The molecule has 3 aromatic rings. The molecule has 3 rings (SSSR count). The van der Waals surface area contributed by atoms with Gasteiger partial charge in [-0.1, -0.05) is 30.3 Å². The van der Waals surface area contributed by atoms with Gasteiger partial charge in [-0.05, 0) is 49.8 Å². The fraction of sp³-hybridized carbons (Fsp3) is 0.174. The van der Waals surface area contributed by atoms with E-state index in [0.717, 1.165) is 0 Å². The zero-order chi connectivity index (χ0) is 21.7. The summed E-state index contributed by atoms with van der Waals surface area (Å²) >= 11 is 0. The highest BCUT2D eigenvalue weighted by atomic mass is 16.5. The Morgan fingerprint density at radius 1 is 1.17 bits per heavy atom. The van der Waals surface area contributed by atoms with Crippen LogP contribution in [-0.2, 0) is 11.8 Å². The fourth-order valence-corrected chi connectivity index (χ4v) is 3.04. The first-order valence-electron chi connectivity index (χ1n) is 9.46. The minimum absolute atomic E-state index is 0.104. The van der Waals surface area contributed by atoms with Gasteiger partial charge in [-0.25, -0.2) is 4.68 Å². The summed E-state index contributed by atoms with van der Waals surface area (Å²) in [6, 6.07) is 18.1. The number of rotatable bonds is 6. The highest BCUT2D eigenvalue weighted by Crippen LogP contribution is 2.17. The molecule has 0 fully saturated rings. The van der Waals surface area contributed by atoms with Crippen molar-refractivity contribution in [3.05, 3.63) is 81.8 Å². The average molecular weight is 402 g/mol. The predicted octanol–water partition coefficient (Wildman–Crippen LogP) is 3.43. The van der Waals surface area contributed by atoms with Crippen molar-refractivity contribution in [1.29, 1.82) is 5.26 Å². The van der Waals surface area contributed by atoms with Crippen molar-refractivity contribution in [3.8, 4) is 17.5 Å². The second-order valence-electron chi connectivity index (χ2n) is 6.56. The molecule has 1 aromatic heterocycles. The van der Waals surface area contributed by atoms with E-state index in [1.165, 1.54) is 10.8 Å². The van der Waals surface area contributed by atoms with Crippen LogP contribution in [0.5, 0.6) is 5.75 Å². The Hall–Kier alpha value is -4.05. The van der Waals surface area contributed by atoms with Crippen LogP contribution in [0.3, 0.4) is 0 Å². The number of nitrogens with zero attached hydrogens (tertiary/aromatic N) is 3. The van der Waals surface area contributed by atoms with Crippen LogP contribution in [-0.4, -0.2) is 21.9 Å². The molecule has 0 aliphatic heterocycles. The third kappa shape index (κ3) is 4.18. The second-order valence-corrected chi connectivity index (χ2v) is 6.56. The minimum Gasteiger partial charge on any atom is -0.494 e. The van der Waals surface area contributed by atoms with Crippen molar-refractivity contribution >= 4 is 17.7 Å². The van der Waals surface area contributed by atoms with Crippen LogP contribution in [0.15, 0.2) is 65.0 Å². The summed E-state index contributed by atoms with van der Waals surface area (Å²) in [5.74, 6) is 0.0661. The summed E-state index contributed by atoms with van der Waals surface area (Å²) in [5, 5.41) is 12.1. The van der Waals surface area contributed by atoms with E-state index in [9.17, 15) is 14.9 Å². The van der Waals surface area contributed by atoms with Gasteiger partial charge < -0.3 is 10.1 Å². The molecule has 1 amide bonds. The van der Waals surface area contributed by atoms with Gasteiger partial charge in [0.15, 0.2) is 0 Å². The number of anilines is 1. The zero-order valence-electron chi connectivity index (χ0n) is 17.0. The number of ether oxygens (including phenoxy) is 1. The van der Waals surface area contributed by atoms with Gasteiger partial charge in [0, 0.05) is 7.05 Å². The summed E-state index contributed by atoms with van der Waals surface area (Å²) < 4.78 is 8.52. The summed E-state index contributed by atoms with van der Waals surface area (Å²) in [7, 11) is 1.74. The molecule has 0 saturated heterocycles. The van der Waals surface area contributed by atoms with Gasteiger partial charge in [0.2, 0.25) is 0 Å². The van der Waals surface area contributed by atoms with E-state index >= 15 is 0 Å². The first-order valence-corrected chi connectivity index (χ1v) is 9.46. The van der Waals surface area contributed by atoms with Crippen LogP contribution < -0.4 is 15.6 Å². The van der Waals surface area contributed by atoms with Gasteiger partial charge in [-0.15, -0.1) is 0 Å². The van der Waals surface area contributed by atoms with E-state index in [1.807, 2.05) is 31.2 Å². The van der Waals surface area contributed by atoms with E-state index in [4.69, 9.17) is 4.74 Å². The van der Waals surface area contributed by atoms with Gasteiger partial charge in [0.25, 0.3) is 11.5 Å². The Morgan fingerprint density at radius 2 is 1.83 bits per heavy atom. The second kappa shape index (κ2) is 8.97. The standard InChI is InChI=1S/C23H22N4O3/c1-4-30-20-12-10-17(11-13-20)14-18(15-24)22(28)25-21-16(2)26(3)27(23(21)29)19-8-6-5-7-9-19/h5-14H,4H2,1-3H3,(H,25,28)/b18-14+. The normalized spacial score (nSPS) is 11.1. The number of hydrogen-bond acceptors (Lipinski definition) is 4. The Morgan fingerprint density at radius 3 is 2.43 bits per heavy atom. The molecule has 0 unspecified atom stereocenters.